The average Bonchev–Trinajstić information content (AvgIpc) is 3.12. The molecular formula is C14H20N4O5S. The predicted octanol–water partition coefficient (Wildman–Crippen LogP) is -0.0940. The Labute approximate surface area is 144 Å². The van der Waals surface area contributed by atoms with Crippen molar-refractivity contribution in [2.75, 3.05) is 33.7 Å². The number of hydrogen-bond donors (Lipinski definition) is 1. The van der Waals surface area contributed by atoms with Crippen molar-refractivity contribution >= 4 is 17.7 Å². The minimum atomic E-state index is -0.592. The van der Waals surface area contributed by atoms with Gasteiger partial charge in [0.05, 0.1) is 18.7 Å². The molecule has 2 N–H and O–H groups in total. The van der Waals surface area contributed by atoms with Crippen LogP contribution in [0.15, 0.2) is 11.4 Å². The summed E-state index contributed by atoms with van der Waals surface area (Å²) in [5.41, 5.74) is 5.42. The van der Waals surface area contributed by atoms with Crippen LogP contribution >= 0.6 is 11.8 Å². The molecule has 1 aliphatic heterocycles. The van der Waals surface area contributed by atoms with Crippen LogP contribution in [-0.4, -0.2) is 67.5 Å². The van der Waals surface area contributed by atoms with Gasteiger partial charge in [-0.2, -0.15) is 5.26 Å². The van der Waals surface area contributed by atoms with E-state index in [0.717, 1.165) is 11.8 Å². The van der Waals surface area contributed by atoms with E-state index in [-0.39, 0.29) is 23.7 Å². The quantitative estimate of drug-likeness (QED) is 0.641. The summed E-state index contributed by atoms with van der Waals surface area (Å²) in [6.07, 6.45) is -0.239. The number of methoxy groups -OCH3 is 3. The van der Waals surface area contributed by atoms with E-state index in [9.17, 15) is 10.1 Å². The third-order valence-corrected chi connectivity index (χ3v) is 4.65. The zero-order chi connectivity index (χ0) is 17.7. The third-order valence-electron chi connectivity index (χ3n) is 3.65. The average molecular weight is 356 g/mol. The van der Waals surface area contributed by atoms with E-state index in [0.29, 0.717) is 11.6 Å². The van der Waals surface area contributed by atoms with Gasteiger partial charge in [0.2, 0.25) is 5.91 Å². The fourth-order valence-electron chi connectivity index (χ4n) is 2.65. The van der Waals surface area contributed by atoms with Crippen LogP contribution in [0.2, 0.25) is 0 Å². The molecular weight excluding hydrogens is 336 g/mol. The molecule has 10 heteroatoms. The van der Waals surface area contributed by atoms with Gasteiger partial charge in [0.25, 0.3) is 0 Å². The second-order valence-corrected chi connectivity index (χ2v) is 6.06. The summed E-state index contributed by atoms with van der Waals surface area (Å²) in [7, 11) is 4.69. The summed E-state index contributed by atoms with van der Waals surface area (Å²) in [4.78, 5) is 15.1. The van der Waals surface area contributed by atoms with Crippen molar-refractivity contribution < 1.29 is 23.7 Å². The van der Waals surface area contributed by atoms with Gasteiger partial charge in [-0.3, -0.25) is 9.36 Å². The molecule has 2 heterocycles. The number of aromatic nitrogens is 2. The molecule has 1 aromatic heterocycles. The van der Waals surface area contributed by atoms with Gasteiger partial charge in [0.1, 0.15) is 29.4 Å². The molecule has 1 fully saturated rings. The molecule has 1 aliphatic rings. The Hall–Kier alpha value is -1.64. The lowest BCUT2D eigenvalue weighted by molar-refractivity contribution is -0.115. The van der Waals surface area contributed by atoms with E-state index in [4.69, 9.17) is 24.7 Å². The van der Waals surface area contributed by atoms with Crippen LogP contribution in [0.1, 0.15) is 11.9 Å². The Morgan fingerprint density at radius 3 is 2.71 bits per heavy atom. The predicted molar refractivity (Wildman–Crippen MR) is 84.2 cm³/mol. The number of hydrogen-bond acceptors (Lipinski definition) is 8. The highest BCUT2D eigenvalue weighted by atomic mass is 32.2. The number of nitrogens with zero attached hydrogens (tertiary/aromatic N) is 3. The van der Waals surface area contributed by atoms with Crippen molar-refractivity contribution in [1.82, 2.24) is 9.55 Å². The van der Waals surface area contributed by atoms with E-state index >= 15 is 0 Å². The Balaban J connectivity index is 2.29. The maximum Gasteiger partial charge on any atom is 0.227 e. The van der Waals surface area contributed by atoms with Gasteiger partial charge in [0, 0.05) is 21.3 Å². The van der Waals surface area contributed by atoms with Crippen molar-refractivity contribution in [2.45, 2.75) is 29.6 Å². The number of carbonyl (C=O) groups is 1. The summed E-state index contributed by atoms with van der Waals surface area (Å²) in [5, 5.41) is 9.89. The van der Waals surface area contributed by atoms with E-state index in [1.54, 1.807) is 25.9 Å². The van der Waals surface area contributed by atoms with Crippen LogP contribution in [0, 0.1) is 11.3 Å². The Morgan fingerprint density at radius 1 is 1.46 bits per heavy atom. The van der Waals surface area contributed by atoms with E-state index in [1.807, 2.05) is 0 Å². The molecule has 0 bridgehead atoms. The van der Waals surface area contributed by atoms with Gasteiger partial charge in [-0.15, -0.1) is 0 Å². The molecule has 1 saturated heterocycles. The summed E-state index contributed by atoms with van der Waals surface area (Å²) in [6.45, 7) is 0.328. The zero-order valence-corrected chi connectivity index (χ0v) is 14.5. The molecule has 9 nitrogen and oxygen atoms in total. The number of imidazole rings is 1. The van der Waals surface area contributed by atoms with E-state index in [1.165, 1.54) is 6.33 Å². The topological polar surface area (TPSA) is 122 Å². The van der Waals surface area contributed by atoms with E-state index in [2.05, 4.69) is 11.1 Å². The van der Waals surface area contributed by atoms with Gasteiger partial charge >= 0.3 is 0 Å². The molecule has 0 saturated carbocycles. The van der Waals surface area contributed by atoms with Crippen LogP contribution in [-0.2, 0) is 23.7 Å². The first-order valence-corrected chi connectivity index (χ1v) is 8.13. The molecule has 24 heavy (non-hydrogen) atoms. The highest BCUT2D eigenvalue weighted by molar-refractivity contribution is 7.99. The second kappa shape index (κ2) is 8.46. The number of carbonyl (C=O) groups excluding carboxylic acids is 1. The summed E-state index contributed by atoms with van der Waals surface area (Å²) < 4.78 is 23.7. The zero-order valence-electron chi connectivity index (χ0n) is 13.7. The lowest BCUT2D eigenvalue weighted by Gasteiger charge is -2.22. The Kier molecular flexibility index (Phi) is 6.59. The number of thioether (sulfide) groups is 1. The molecule has 0 aromatic carbocycles. The first kappa shape index (κ1) is 18.7. The van der Waals surface area contributed by atoms with Gasteiger partial charge in [-0.1, -0.05) is 11.8 Å². The highest BCUT2D eigenvalue weighted by Gasteiger charge is 2.47. The van der Waals surface area contributed by atoms with Crippen LogP contribution in [0.4, 0.5) is 0 Å². The van der Waals surface area contributed by atoms with Crippen molar-refractivity contribution in [3.8, 4) is 6.07 Å². The van der Waals surface area contributed by atoms with Crippen molar-refractivity contribution in [2.24, 2.45) is 5.73 Å². The molecule has 4 atom stereocenters. The van der Waals surface area contributed by atoms with Crippen molar-refractivity contribution in [3.05, 3.63) is 12.0 Å². The Bertz CT molecular complexity index is 617. The minimum Gasteiger partial charge on any atom is -0.382 e. The lowest BCUT2D eigenvalue weighted by Crippen LogP contribution is -2.36. The molecule has 0 spiro atoms. The molecule has 0 radical (unpaired) electrons. The van der Waals surface area contributed by atoms with Crippen molar-refractivity contribution in [3.63, 3.8) is 0 Å². The molecule has 1 amide bonds. The standard InChI is InChI=1S/C14H20N4O5S/c1-20-5-9-11(21-2)12(22-3)14(23-9)18-7-17-13(8(18)4-15)24-6-10(16)19/h7,9,11-12,14H,5-6H2,1-3H3,(H2,16,19)/t9-,11-,12-,14-/m1/s1. The monoisotopic (exact) mass is 356 g/mol. The van der Waals surface area contributed by atoms with Crippen LogP contribution in [0.25, 0.3) is 0 Å². The number of primary amides is 1. The van der Waals surface area contributed by atoms with Crippen LogP contribution in [0.3, 0.4) is 0 Å². The molecule has 0 unspecified atom stereocenters. The Morgan fingerprint density at radius 2 is 2.17 bits per heavy atom. The smallest absolute Gasteiger partial charge is 0.227 e. The minimum absolute atomic E-state index is 0.0396. The first-order valence-electron chi connectivity index (χ1n) is 7.15. The summed E-state index contributed by atoms with van der Waals surface area (Å²) in [5.74, 6) is -0.442. The fourth-order valence-corrected chi connectivity index (χ4v) is 3.34. The van der Waals surface area contributed by atoms with E-state index < -0.39 is 18.2 Å². The number of amides is 1. The SMILES string of the molecule is COC[C@H]1O[C@@H](n2cnc(SCC(N)=O)c2C#N)[C@H](OC)[C@@H]1OC. The number of ether oxygens (including phenoxy) is 4. The third kappa shape index (κ3) is 3.71. The fraction of sp³-hybridized carbons (Fsp3) is 0.643. The van der Waals surface area contributed by atoms with Crippen LogP contribution < -0.4 is 5.73 Å². The van der Waals surface area contributed by atoms with Gasteiger partial charge in [-0.05, 0) is 0 Å². The summed E-state index contributed by atoms with van der Waals surface area (Å²) >= 11 is 1.10. The normalized spacial score (nSPS) is 26.4. The second-order valence-electron chi connectivity index (χ2n) is 5.09. The lowest BCUT2D eigenvalue weighted by atomic mass is 10.1. The van der Waals surface area contributed by atoms with Gasteiger partial charge < -0.3 is 24.7 Å². The molecule has 2 rings (SSSR count). The summed E-state index contributed by atoms with van der Waals surface area (Å²) in [6, 6.07) is 2.09. The molecule has 1 aromatic rings. The number of nitriles is 1. The van der Waals surface area contributed by atoms with Crippen LogP contribution in [0.5, 0.6) is 0 Å². The molecule has 132 valence electrons. The first-order chi connectivity index (χ1) is 11.6. The maximum absolute atomic E-state index is 10.9. The van der Waals surface area contributed by atoms with Gasteiger partial charge in [0.15, 0.2) is 11.9 Å². The number of rotatable bonds is 8. The van der Waals surface area contributed by atoms with Gasteiger partial charge in [-0.25, -0.2) is 4.98 Å². The molecule has 0 aliphatic carbocycles. The maximum atomic E-state index is 10.9. The van der Waals surface area contributed by atoms with Crippen molar-refractivity contribution in [1.29, 1.82) is 5.26 Å². The highest BCUT2D eigenvalue weighted by Crippen LogP contribution is 2.35. The largest absolute Gasteiger partial charge is 0.382 e. The number of nitrogens with two attached hydrogens (primary N) is 1.